The number of ether oxygens (including phenoxy) is 1. The Labute approximate surface area is 173 Å². The lowest BCUT2D eigenvalue weighted by Crippen LogP contribution is -2.32. The van der Waals surface area contributed by atoms with Gasteiger partial charge in [0.2, 0.25) is 0 Å². The maximum Gasteiger partial charge on any atom is 0.258 e. The van der Waals surface area contributed by atoms with Gasteiger partial charge < -0.3 is 25.6 Å². The number of H-pyrrole nitrogens is 1. The lowest BCUT2D eigenvalue weighted by Gasteiger charge is -2.32. The van der Waals surface area contributed by atoms with Crippen molar-refractivity contribution in [2.75, 3.05) is 19.8 Å². The zero-order valence-electron chi connectivity index (χ0n) is 16.8. The SMILES string of the molecule is CC1(C)c2cc(OCC(=O)NCCO)ccc2C(=O)c2c1[nH]c1cc(C=N)ccc21. The fraction of sp³-hybridized carbons (Fsp3) is 0.261. The molecule has 7 heteroatoms. The summed E-state index contributed by atoms with van der Waals surface area (Å²) in [5, 5.41) is 19.6. The molecule has 7 nitrogen and oxygen atoms in total. The fourth-order valence-electron chi connectivity index (χ4n) is 4.00. The molecule has 154 valence electrons. The first-order valence-corrected chi connectivity index (χ1v) is 9.73. The summed E-state index contributed by atoms with van der Waals surface area (Å²) in [5.41, 5.74) is 4.03. The minimum absolute atomic E-state index is 0.0552. The van der Waals surface area contributed by atoms with Crippen LogP contribution in [0.4, 0.5) is 0 Å². The van der Waals surface area contributed by atoms with Crippen molar-refractivity contribution < 1.29 is 19.4 Å². The summed E-state index contributed by atoms with van der Waals surface area (Å²) in [4.78, 5) is 28.5. The second-order valence-corrected chi connectivity index (χ2v) is 7.85. The van der Waals surface area contributed by atoms with Crippen LogP contribution in [0.1, 0.15) is 46.6 Å². The van der Waals surface area contributed by atoms with Crippen LogP contribution in [0.2, 0.25) is 0 Å². The Hall–Kier alpha value is -3.45. The van der Waals surface area contributed by atoms with Crippen molar-refractivity contribution in [2.24, 2.45) is 0 Å². The molecule has 30 heavy (non-hydrogen) atoms. The number of amides is 1. The van der Waals surface area contributed by atoms with Gasteiger partial charge in [-0.2, -0.15) is 0 Å². The van der Waals surface area contributed by atoms with Crippen LogP contribution in [0, 0.1) is 5.41 Å². The summed E-state index contributed by atoms with van der Waals surface area (Å²) in [6.07, 6.45) is 1.28. The molecule has 0 radical (unpaired) electrons. The standard InChI is InChI=1S/C23H23N3O4/c1-23(2)17-10-14(30-12-19(28)25-7-8-27)4-6-15(17)21(29)20-16-5-3-13(11-24)9-18(16)26-22(20)23/h3-6,9-11,24,26-27H,7-8,12H2,1-2H3,(H,25,28). The molecule has 1 heterocycles. The molecular formula is C23H23N3O4. The van der Waals surface area contributed by atoms with Gasteiger partial charge in [0.05, 0.1) is 12.2 Å². The number of hydrogen-bond acceptors (Lipinski definition) is 5. The Balaban J connectivity index is 1.72. The van der Waals surface area contributed by atoms with Crippen molar-refractivity contribution in [3.8, 4) is 5.75 Å². The van der Waals surface area contributed by atoms with E-state index in [-0.39, 0.29) is 31.4 Å². The third kappa shape index (κ3) is 3.17. The van der Waals surface area contributed by atoms with Crippen LogP contribution in [0.25, 0.3) is 10.9 Å². The summed E-state index contributed by atoms with van der Waals surface area (Å²) in [5.74, 6) is 0.122. The second-order valence-electron chi connectivity index (χ2n) is 7.85. The smallest absolute Gasteiger partial charge is 0.258 e. The van der Waals surface area contributed by atoms with E-state index in [2.05, 4.69) is 10.3 Å². The van der Waals surface area contributed by atoms with Gasteiger partial charge in [0.25, 0.3) is 5.91 Å². The van der Waals surface area contributed by atoms with Crippen LogP contribution in [0.3, 0.4) is 0 Å². The minimum Gasteiger partial charge on any atom is -0.484 e. The predicted octanol–water partition coefficient (Wildman–Crippen LogP) is 2.52. The number of aliphatic hydroxyl groups is 1. The van der Waals surface area contributed by atoms with E-state index < -0.39 is 5.41 Å². The quantitative estimate of drug-likeness (QED) is 0.472. The Morgan fingerprint density at radius 1 is 1.27 bits per heavy atom. The number of benzene rings is 2. The van der Waals surface area contributed by atoms with Crippen LogP contribution < -0.4 is 10.1 Å². The van der Waals surface area contributed by atoms with Gasteiger partial charge in [0.1, 0.15) is 5.75 Å². The Kier molecular flexibility index (Phi) is 4.91. The summed E-state index contributed by atoms with van der Waals surface area (Å²) in [7, 11) is 0. The van der Waals surface area contributed by atoms with E-state index in [0.717, 1.165) is 27.7 Å². The van der Waals surface area contributed by atoms with Gasteiger partial charge in [-0.05, 0) is 35.4 Å². The maximum absolute atomic E-state index is 13.3. The number of ketones is 1. The van der Waals surface area contributed by atoms with Crippen LogP contribution >= 0.6 is 0 Å². The second kappa shape index (κ2) is 7.42. The largest absolute Gasteiger partial charge is 0.484 e. The average molecular weight is 405 g/mol. The first-order chi connectivity index (χ1) is 14.4. The minimum atomic E-state index is -0.485. The van der Waals surface area contributed by atoms with E-state index >= 15 is 0 Å². The van der Waals surface area contributed by atoms with Gasteiger partial charge in [0.15, 0.2) is 12.4 Å². The van der Waals surface area contributed by atoms with Gasteiger partial charge in [-0.3, -0.25) is 9.59 Å². The monoisotopic (exact) mass is 405 g/mol. The fourth-order valence-corrected chi connectivity index (χ4v) is 4.00. The first kappa shape index (κ1) is 19.8. The number of aromatic nitrogens is 1. The molecule has 1 amide bonds. The van der Waals surface area contributed by atoms with E-state index in [1.165, 1.54) is 6.21 Å². The van der Waals surface area contributed by atoms with Crippen molar-refractivity contribution in [1.29, 1.82) is 5.41 Å². The number of carbonyl (C=O) groups excluding carboxylic acids is 2. The molecule has 0 atom stereocenters. The molecule has 0 unspecified atom stereocenters. The molecule has 1 aliphatic carbocycles. The van der Waals surface area contributed by atoms with Crippen molar-refractivity contribution >= 4 is 28.8 Å². The molecule has 4 rings (SSSR count). The number of rotatable bonds is 6. The van der Waals surface area contributed by atoms with Crippen LogP contribution in [0.5, 0.6) is 5.75 Å². The maximum atomic E-state index is 13.3. The predicted molar refractivity (Wildman–Crippen MR) is 114 cm³/mol. The van der Waals surface area contributed by atoms with Crippen molar-refractivity contribution in [1.82, 2.24) is 10.3 Å². The lowest BCUT2D eigenvalue weighted by molar-refractivity contribution is -0.123. The van der Waals surface area contributed by atoms with Gasteiger partial charge in [-0.1, -0.05) is 26.0 Å². The molecule has 2 aromatic carbocycles. The molecule has 0 fully saturated rings. The van der Waals surface area contributed by atoms with Crippen molar-refractivity contribution in [3.05, 3.63) is 64.3 Å². The first-order valence-electron chi connectivity index (χ1n) is 9.73. The Morgan fingerprint density at radius 2 is 2.07 bits per heavy atom. The highest BCUT2D eigenvalue weighted by atomic mass is 16.5. The highest BCUT2D eigenvalue weighted by Gasteiger charge is 2.39. The molecule has 4 N–H and O–H groups in total. The van der Waals surface area contributed by atoms with E-state index in [9.17, 15) is 9.59 Å². The van der Waals surface area contributed by atoms with Crippen LogP contribution in [-0.4, -0.2) is 47.8 Å². The third-order valence-corrected chi connectivity index (χ3v) is 5.55. The van der Waals surface area contributed by atoms with Crippen LogP contribution in [0.15, 0.2) is 36.4 Å². The summed E-state index contributed by atoms with van der Waals surface area (Å²) < 4.78 is 5.60. The molecular weight excluding hydrogens is 382 g/mol. The molecule has 0 bridgehead atoms. The van der Waals surface area contributed by atoms with E-state index in [0.29, 0.717) is 16.9 Å². The molecule has 3 aromatic rings. The average Bonchev–Trinajstić information content (AvgIpc) is 3.14. The van der Waals surface area contributed by atoms with Gasteiger partial charge in [-0.15, -0.1) is 0 Å². The zero-order chi connectivity index (χ0) is 21.5. The summed E-state index contributed by atoms with van der Waals surface area (Å²) in [6, 6.07) is 10.8. The zero-order valence-corrected chi connectivity index (χ0v) is 16.8. The van der Waals surface area contributed by atoms with E-state index in [1.54, 1.807) is 12.1 Å². The van der Waals surface area contributed by atoms with Gasteiger partial charge in [-0.25, -0.2) is 0 Å². The lowest BCUT2D eigenvalue weighted by atomic mass is 9.71. The van der Waals surface area contributed by atoms with Gasteiger partial charge in [0, 0.05) is 40.3 Å². The molecule has 0 saturated heterocycles. The Morgan fingerprint density at radius 3 is 2.80 bits per heavy atom. The normalized spacial score (nSPS) is 14.2. The highest BCUT2D eigenvalue weighted by Crippen LogP contribution is 2.44. The number of aliphatic hydroxyl groups excluding tert-OH is 1. The van der Waals surface area contributed by atoms with E-state index in [1.807, 2.05) is 38.1 Å². The molecule has 1 aromatic heterocycles. The van der Waals surface area contributed by atoms with Crippen molar-refractivity contribution in [3.63, 3.8) is 0 Å². The molecule has 0 saturated carbocycles. The molecule has 0 aliphatic heterocycles. The number of aromatic amines is 1. The summed E-state index contributed by atoms with van der Waals surface area (Å²) in [6.45, 7) is 3.96. The number of carbonyl (C=O) groups is 2. The van der Waals surface area contributed by atoms with Crippen LogP contribution in [-0.2, 0) is 10.2 Å². The topological polar surface area (TPSA) is 115 Å². The van der Waals surface area contributed by atoms with E-state index in [4.69, 9.17) is 15.3 Å². The number of hydrogen-bond donors (Lipinski definition) is 4. The highest BCUT2D eigenvalue weighted by molar-refractivity contribution is 6.20. The number of nitrogens with one attached hydrogen (secondary N) is 3. The Bertz CT molecular complexity index is 1180. The molecule has 1 aliphatic rings. The van der Waals surface area contributed by atoms with Crippen molar-refractivity contribution in [2.45, 2.75) is 19.3 Å². The number of fused-ring (bicyclic) bond motifs is 4. The van der Waals surface area contributed by atoms with Gasteiger partial charge >= 0.3 is 0 Å². The molecule has 0 spiro atoms. The third-order valence-electron chi connectivity index (χ3n) is 5.55. The summed E-state index contributed by atoms with van der Waals surface area (Å²) >= 11 is 0.